The molecule has 0 atom stereocenters. The van der Waals surface area contributed by atoms with Crippen LogP contribution >= 0.6 is 0 Å². The Balaban J connectivity index is 0. The zero-order valence-corrected chi connectivity index (χ0v) is 20.3. The first-order valence-corrected chi connectivity index (χ1v) is 12.0. The molecule has 166 valence electrons. The van der Waals surface area contributed by atoms with Gasteiger partial charge in [0.05, 0.1) is 14.1 Å². The van der Waals surface area contributed by atoms with Gasteiger partial charge in [0.15, 0.2) is 0 Å². The van der Waals surface area contributed by atoms with Crippen LogP contribution in [0.3, 0.4) is 0 Å². The molecule has 0 rings (SSSR count). The summed E-state index contributed by atoms with van der Waals surface area (Å²) < 4.78 is 0. The van der Waals surface area contributed by atoms with Crippen molar-refractivity contribution in [2.45, 2.75) is 142 Å². The molecule has 3 heteroatoms. The molecule has 0 fully saturated rings. The maximum absolute atomic E-state index is 6.27. The Labute approximate surface area is 178 Å². The van der Waals surface area contributed by atoms with Gasteiger partial charge < -0.3 is 12.4 Å². The Morgan fingerprint density at radius 1 is 0.556 bits per heavy atom. The molecule has 0 heterocycles. The summed E-state index contributed by atoms with van der Waals surface area (Å²) >= 11 is 0. The van der Waals surface area contributed by atoms with Crippen LogP contribution in [0.4, 0.5) is 0 Å². The highest BCUT2D eigenvalue weighted by Gasteiger charge is 2.28. The van der Waals surface area contributed by atoms with E-state index in [9.17, 15) is 0 Å². The summed E-state index contributed by atoms with van der Waals surface area (Å²) in [5.41, 5.74) is 0.0727. The Morgan fingerprint density at radius 3 is 1.15 bits per heavy atom. The molecule has 0 radical (unpaired) electrons. The monoisotopic (exact) mass is 405 g/mol. The van der Waals surface area contributed by atoms with Gasteiger partial charge in [-0.2, -0.15) is 9.90 Å². The summed E-state index contributed by atoms with van der Waals surface area (Å²) in [6, 6.07) is 0. The predicted molar refractivity (Wildman–Crippen MR) is 117 cm³/mol. The third kappa shape index (κ3) is 20.7. The van der Waals surface area contributed by atoms with Crippen LogP contribution in [0.1, 0.15) is 136 Å². The van der Waals surface area contributed by atoms with Crippen LogP contribution in [0.2, 0.25) is 0 Å². The van der Waals surface area contributed by atoms with Crippen LogP contribution in [-0.2, 0) is 4.84 Å². The number of rotatable bonds is 20. The van der Waals surface area contributed by atoms with Crippen LogP contribution in [-0.4, -0.2) is 19.7 Å². The predicted octanol–water partition coefficient (Wildman–Crippen LogP) is 3.89. The fourth-order valence-corrected chi connectivity index (χ4v) is 3.99. The second-order valence-corrected chi connectivity index (χ2v) is 8.91. The summed E-state index contributed by atoms with van der Waals surface area (Å²) in [4.78, 5) is 6.27. The van der Waals surface area contributed by atoms with Crippen molar-refractivity contribution >= 4 is 0 Å². The highest BCUT2D eigenvalue weighted by atomic mass is 35.5. The number of unbranched alkanes of at least 4 members (excludes halogenated alkanes) is 14. The van der Waals surface area contributed by atoms with Gasteiger partial charge in [-0.25, -0.2) is 0 Å². The van der Waals surface area contributed by atoms with Crippen molar-refractivity contribution in [3.05, 3.63) is 0 Å². The average molecular weight is 406 g/mol. The van der Waals surface area contributed by atoms with E-state index in [1.54, 1.807) is 0 Å². The van der Waals surface area contributed by atoms with Crippen molar-refractivity contribution < 1.29 is 22.3 Å². The van der Waals surface area contributed by atoms with E-state index in [1.165, 1.54) is 116 Å². The van der Waals surface area contributed by atoms with Crippen LogP contribution in [0.5, 0.6) is 0 Å². The number of nitrogens with one attached hydrogen (secondary N) is 1. The van der Waals surface area contributed by atoms with E-state index < -0.39 is 0 Å². The molecule has 27 heavy (non-hydrogen) atoms. The van der Waals surface area contributed by atoms with Crippen molar-refractivity contribution in [1.82, 2.24) is 0 Å². The minimum Gasteiger partial charge on any atom is -1.00 e. The van der Waals surface area contributed by atoms with Crippen molar-refractivity contribution in [2.75, 3.05) is 14.1 Å². The van der Waals surface area contributed by atoms with Crippen LogP contribution in [0.25, 0.3) is 0 Å². The highest BCUT2D eigenvalue weighted by Crippen LogP contribution is 2.25. The van der Waals surface area contributed by atoms with Gasteiger partial charge in [-0.05, 0) is 19.8 Å². The Hall–Kier alpha value is 0.210. The molecular weight excluding hydrogens is 354 g/mol. The first-order valence-electron chi connectivity index (χ1n) is 12.0. The normalized spacial score (nSPS) is 11.8. The molecule has 0 saturated heterocycles. The van der Waals surface area contributed by atoms with Crippen molar-refractivity contribution in [2.24, 2.45) is 0 Å². The van der Waals surface area contributed by atoms with Crippen LogP contribution in [0.15, 0.2) is 0 Å². The summed E-state index contributed by atoms with van der Waals surface area (Å²) in [7, 11) is 4.22. The third-order valence-electron chi connectivity index (χ3n) is 5.57. The van der Waals surface area contributed by atoms with E-state index in [-0.39, 0.29) is 18.0 Å². The van der Waals surface area contributed by atoms with Gasteiger partial charge in [0, 0.05) is 0 Å². The standard InChI is InChI=1S/C24H51NO.ClH/c1-6-8-10-12-14-16-18-20-22-24(3,26-25(4)5)23-21-19-17-15-13-11-9-7-2;/h6-23H2,1-5H3;1H. The van der Waals surface area contributed by atoms with E-state index in [1.807, 2.05) is 0 Å². The van der Waals surface area contributed by atoms with E-state index in [0.29, 0.717) is 0 Å². The fourth-order valence-electron chi connectivity index (χ4n) is 3.99. The number of halogens is 1. The summed E-state index contributed by atoms with van der Waals surface area (Å²) in [5, 5.41) is 1.13. The van der Waals surface area contributed by atoms with Gasteiger partial charge in [0.1, 0.15) is 5.60 Å². The van der Waals surface area contributed by atoms with Crippen molar-refractivity contribution in [1.29, 1.82) is 0 Å². The molecule has 0 amide bonds. The lowest BCUT2D eigenvalue weighted by Gasteiger charge is -2.29. The van der Waals surface area contributed by atoms with Crippen molar-refractivity contribution in [3.63, 3.8) is 0 Å². The molecule has 0 aliphatic carbocycles. The molecule has 0 spiro atoms. The molecule has 0 aromatic rings. The Morgan fingerprint density at radius 2 is 0.852 bits per heavy atom. The highest BCUT2D eigenvalue weighted by molar-refractivity contribution is 4.74. The molecule has 0 aliphatic rings. The van der Waals surface area contributed by atoms with Gasteiger partial charge in [-0.3, -0.25) is 0 Å². The van der Waals surface area contributed by atoms with E-state index in [4.69, 9.17) is 4.84 Å². The fraction of sp³-hybridized carbons (Fsp3) is 1.00. The van der Waals surface area contributed by atoms with Crippen LogP contribution < -0.4 is 17.5 Å². The van der Waals surface area contributed by atoms with Gasteiger partial charge in [-0.1, -0.05) is 117 Å². The molecule has 0 saturated carbocycles. The van der Waals surface area contributed by atoms with Gasteiger partial charge >= 0.3 is 0 Å². The lowest BCUT2D eigenvalue weighted by atomic mass is 9.91. The second-order valence-electron chi connectivity index (χ2n) is 8.91. The minimum absolute atomic E-state index is 0. The first-order chi connectivity index (χ1) is 12.5. The van der Waals surface area contributed by atoms with E-state index in [0.717, 1.165) is 5.06 Å². The number of hydrogen-bond donors (Lipinski definition) is 1. The summed E-state index contributed by atoms with van der Waals surface area (Å²) in [5.74, 6) is 0. The topological polar surface area (TPSA) is 13.7 Å². The number of hydrogen-bond acceptors (Lipinski definition) is 1. The Kier molecular flexibility index (Phi) is 22.8. The molecular formula is C24H52ClNO. The molecule has 2 nitrogen and oxygen atoms in total. The van der Waals surface area contributed by atoms with E-state index in [2.05, 4.69) is 34.9 Å². The smallest absolute Gasteiger partial charge is 0.124 e. The number of hydroxylamine groups is 2. The molecule has 0 bridgehead atoms. The lowest BCUT2D eigenvalue weighted by Crippen LogP contribution is -3.06. The molecule has 0 aromatic carbocycles. The average Bonchev–Trinajstić information content (AvgIpc) is 2.59. The maximum atomic E-state index is 6.27. The molecule has 0 aromatic heterocycles. The zero-order chi connectivity index (χ0) is 19.5. The SMILES string of the molecule is CCCCCCCCCCC(C)(CCCCCCCCCC)O[NH+](C)C.[Cl-]. The zero-order valence-electron chi connectivity index (χ0n) is 19.5. The first kappa shape index (κ1) is 29.4. The van der Waals surface area contributed by atoms with Gasteiger partial charge in [0.25, 0.3) is 0 Å². The quantitative estimate of drug-likeness (QED) is 0.239. The van der Waals surface area contributed by atoms with Crippen molar-refractivity contribution in [3.8, 4) is 0 Å². The maximum Gasteiger partial charge on any atom is 0.124 e. The summed E-state index contributed by atoms with van der Waals surface area (Å²) in [6.45, 7) is 6.93. The van der Waals surface area contributed by atoms with E-state index >= 15 is 0 Å². The molecule has 0 unspecified atom stereocenters. The molecule has 0 aliphatic heterocycles. The summed E-state index contributed by atoms with van der Waals surface area (Å²) in [6.07, 6.45) is 24.8. The second kappa shape index (κ2) is 20.9. The minimum atomic E-state index is 0. The number of quaternary nitrogens is 1. The largest absolute Gasteiger partial charge is 1.00 e. The Bertz CT molecular complexity index is 264. The van der Waals surface area contributed by atoms with Gasteiger partial charge in [-0.15, -0.1) is 0 Å². The molecule has 1 N–H and O–H groups in total. The third-order valence-corrected chi connectivity index (χ3v) is 5.57. The van der Waals surface area contributed by atoms with Gasteiger partial charge in [0.2, 0.25) is 0 Å². The lowest BCUT2D eigenvalue weighted by molar-refractivity contribution is -1.07. The van der Waals surface area contributed by atoms with Crippen LogP contribution in [0, 0.1) is 0 Å².